The summed E-state index contributed by atoms with van der Waals surface area (Å²) < 4.78 is 46.3. The molecule has 2 aromatic carbocycles. The van der Waals surface area contributed by atoms with Crippen molar-refractivity contribution in [3.8, 4) is 16.3 Å². The van der Waals surface area contributed by atoms with E-state index in [1.165, 1.54) is 23.5 Å². The third-order valence-electron chi connectivity index (χ3n) is 5.42. The molecule has 4 rings (SSSR count). The van der Waals surface area contributed by atoms with E-state index in [0.29, 0.717) is 22.7 Å². The van der Waals surface area contributed by atoms with E-state index in [-0.39, 0.29) is 12.6 Å². The van der Waals surface area contributed by atoms with Crippen LogP contribution in [0.2, 0.25) is 0 Å². The Morgan fingerprint density at radius 2 is 1.91 bits per heavy atom. The number of carbonyl (C=O) groups is 1. The highest BCUT2D eigenvalue weighted by atomic mass is 32.1. The van der Waals surface area contributed by atoms with E-state index in [1.54, 1.807) is 10.8 Å². The Labute approximate surface area is 198 Å². The van der Waals surface area contributed by atoms with E-state index in [2.05, 4.69) is 0 Å². The highest BCUT2D eigenvalue weighted by Gasteiger charge is 2.30. The molecule has 0 amide bonds. The Balaban J connectivity index is 1.48. The second-order valence-corrected chi connectivity index (χ2v) is 9.09. The maximum atomic E-state index is 12.9. The van der Waals surface area contributed by atoms with Crippen LogP contribution in [-0.4, -0.2) is 26.7 Å². The summed E-state index contributed by atoms with van der Waals surface area (Å²) in [6.07, 6.45) is -1.50. The first kappa shape index (κ1) is 23.8. The van der Waals surface area contributed by atoms with Gasteiger partial charge in [-0.3, -0.25) is 4.79 Å². The highest BCUT2D eigenvalue weighted by Crippen LogP contribution is 2.34. The van der Waals surface area contributed by atoms with Crippen LogP contribution in [0.15, 0.2) is 54.7 Å². The number of carboxylic acids is 1. The van der Waals surface area contributed by atoms with E-state index >= 15 is 0 Å². The number of hydrogen-bond donors (Lipinski definition) is 1. The Hall–Kier alpha value is -3.33. The minimum atomic E-state index is -4.37. The van der Waals surface area contributed by atoms with Crippen LogP contribution in [-0.2, 0) is 30.4 Å². The summed E-state index contributed by atoms with van der Waals surface area (Å²) in [6.45, 7) is 3.86. The van der Waals surface area contributed by atoms with Crippen LogP contribution < -0.4 is 4.74 Å². The largest absolute Gasteiger partial charge is 0.490 e. The predicted octanol–water partition coefficient (Wildman–Crippen LogP) is 6.44. The predicted molar refractivity (Wildman–Crippen MR) is 125 cm³/mol. The molecule has 0 aliphatic carbocycles. The molecule has 5 nitrogen and oxygen atoms in total. The van der Waals surface area contributed by atoms with Gasteiger partial charge in [-0.25, -0.2) is 4.98 Å². The monoisotopic (exact) mass is 488 g/mol. The second kappa shape index (κ2) is 9.50. The molecule has 4 aromatic rings. The zero-order valence-corrected chi connectivity index (χ0v) is 19.4. The second-order valence-electron chi connectivity index (χ2n) is 8.01. The Kier molecular flexibility index (Phi) is 6.65. The maximum Gasteiger partial charge on any atom is 0.416 e. The Morgan fingerprint density at radius 3 is 2.56 bits per heavy atom. The van der Waals surface area contributed by atoms with Crippen molar-refractivity contribution in [3.05, 3.63) is 70.9 Å². The number of rotatable bonds is 8. The van der Waals surface area contributed by atoms with Crippen LogP contribution in [0.4, 0.5) is 13.2 Å². The molecule has 0 spiro atoms. The van der Waals surface area contributed by atoms with E-state index in [1.807, 2.05) is 38.1 Å². The molecule has 0 bridgehead atoms. The molecule has 178 valence electrons. The lowest BCUT2D eigenvalue weighted by Crippen LogP contribution is -2.16. The van der Waals surface area contributed by atoms with Gasteiger partial charge in [0.15, 0.2) is 0 Å². The summed E-state index contributed by atoms with van der Waals surface area (Å²) in [5.41, 5.74) is 1.67. The van der Waals surface area contributed by atoms with E-state index < -0.39 is 17.7 Å². The van der Waals surface area contributed by atoms with Crippen LogP contribution in [0.1, 0.15) is 30.0 Å². The molecular formula is C25H23F3N2O3S. The van der Waals surface area contributed by atoms with Gasteiger partial charge in [-0.1, -0.05) is 19.1 Å². The smallest absolute Gasteiger partial charge is 0.416 e. The SMILES string of the molecule is CCc1sc(-c2ccc(C(F)(F)F)cc2)nc1C[C@@H](C)Oc1ccc2c(ccn2CC(=O)O)c1. The van der Waals surface area contributed by atoms with E-state index in [4.69, 9.17) is 14.8 Å². The van der Waals surface area contributed by atoms with Gasteiger partial charge in [0, 0.05) is 34.0 Å². The fourth-order valence-corrected chi connectivity index (χ4v) is 4.86. The number of fused-ring (bicyclic) bond motifs is 1. The van der Waals surface area contributed by atoms with Gasteiger partial charge in [0.05, 0.1) is 11.3 Å². The quantitative estimate of drug-likeness (QED) is 0.310. The first-order valence-corrected chi connectivity index (χ1v) is 11.6. The average Bonchev–Trinajstić information content (AvgIpc) is 3.36. The molecule has 0 fully saturated rings. The number of benzene rings is 2. The molecule has 1 atom stereocenters. The standard InChI is InChI=1S/C25H23F3N2O3S/c1-3-22-20(29-24(34-22)16-4-6-18(7-5-16)25(26,27)28)12-15(2)33-19-8-9-21-17(13-19)10-11-30(21)14-23(31)32/h4-11,13,15H,3,12,14H2,1-2H3,(H,31,32)/t15-/m1/s1. The van der Waals surface area contributed by atoms with Gasteiger partial charge in [0.25, 0.3) is 0 Å². The lowest BCUT2D eigenvalue weighted by Gasteiger charge is -2.14. The van der Waals surface area contributed by atoms with Crippen molar-refractivity contribution in [3.63, 3.8) is 0 Å². The summed E-state index contributed by atoms with van der Waals surface area (Å²) >= 11 is 1.49. The minimum absolute atomic E-state index is 0.106. The third-order valence-corrected chi connectivity index (χ3v) is 6.72. The van der Waals surface area contributed by atoms with Crippen LogP contribution in [0, 0.1) is 0 Å². The first-order chi connectivity index (χ1) is 16.1. The summed E-state index contributed by atoms with van der Waals surface area (Å²) in [5.74, 6) is -0.235. The number of hydrogen-bond acceptors (Lipinski definition) is 4. The summed E-state index contributed by atoms with van der Waals surface area (Å²) in [5, 5.41) is 10.6. The van der Waals surface area contributed by atoms with Gasteiger partial charge in [-0.05, 0) is 49.7 Å². The lowest BCUT2D eigenvalue weighted by molar-refractivity contribution is -0.138. The molecule has 2 heterocycles. The number of alkyl halides is 3. The molecule has 9 heteroatoms. The molecule has 2 aromatic heterocycles. The minimum Gasteiger partial charge on any atom is -0.490 e. The van der Waals surface area contributed by atoms with Crippen molar-refractivity contribution in [1.29, 1.82) is 0 Å². The Morgan fingerprint density at radius 1 is 1.18 bits per heavy atom. The lowest BCUT2D eigenvalue weighted by atomic mass is 10.1. The molecular weight excluding hydrogens is 465 g/mol. The topological polar surface area (TPSA) is 64.4 Å². The fourth-order valence-electron chi connectivity index (χ4n) is 3.83. The number of ether oxygens (including phenoxy) is 1. The number of carboxylic acid groups (broad SMARTS) is 1. The van der Waals surface area contributed by atoms with Crippen molar-refractivity contribution in [2.24, 2.45) is 0 Å². The Bertz CT molecular complexity index is 1310. The van der Waals surface area contributed by atoms with Gasteiger partial charge in [-0.2, -0.15) is 13.2 Å². The normalized spacial score (nSPS) is 12.7. The van der Waals surface area contributed by atoms with Gasteiger partial charge < -0.3 is 14.4 Å². The van der Waals surface area contributed by atoms with Crippen LogP contribution >= 0.6 is 11.3 Å². The summed E-state index contributed by atoms with van der Waals surface area (Å²) in [6, 6.07) is 12.4. The third kappa shape index (κ3) is 5.25. The van der Waals surface area contributed by atoms with E-state index in [0.717, 1.165) is 40.0 Å². The molecule has 0 aliphatic heterocycles. The zero-order valence-electron chi connectivity index (χ0n) is 18.6. The molecule has 34 heavy (non-hydrogen) atoms. The fraction of sp³-hybridized carbons (Fsp3) is 0.280. The zero-order chi connectivity index (χ0) is 24.5. The number of halogens is 3. The number of aliphatic carboxylic acids is 1. The van der Waals surface area contributed by atoms with Crippen molar-refractivity contribution in [1.82, 2.24) is 9.55 Å². The van der Waals surface area contributed by atoms with Crippen LogP contribution in [0.3, 0.4) is 0 Å². The van der Waals surface area contributed by atoms with Crippen molar-refractivity contribution in [2.75, 3.05) is 0 Å². The van der Waals surface area contributed by atoms with Crippen LogP contribution in [0.25, 0.3) is 21.5 Å². The van der Waals surface area contributed by atoms with Gasteiger partial charge in [0.2, 0.25) is 0 Å². The molecule has 0 saturated heterocycles. The molecule has 0 unspecified atom stereocenters. The van der Waals surface area contributed by atoms with Crippen molar-refractivity contribution < 1.29 is 27.8 Å². The molecule has 0 saturated carbocycles. The molecule has 1 N–H and O–H groups in total. The first-order valence-electron chi connectivity index (χ1n) is 10.8. The summed E-state index contributed by atoms with van der Waals surface area (Å²) in [7, 11) is 0. The van der Waals surface area contributed by atoms with E-state index in [9.17, 15) is 18.0 Å². The van der Waals surface area contributed by atoms with Crippen molar-refractivity contribution >= 4 is 28.2 Å². The van der Waals surface area contributed by atoms with Gasteiger partial charge >= 0.3 is 12.1 Å². The van der Waals surface area contributed by atoms with Crippen LogP contribution in [0.5, 0.6) is 5.75 Å². The summed E-state index contributed by atoms with van der Waals surface area (Å²) in [4.78, 5) is 16.8. The highest BCUT2D eigenvalue weighted by molar-refractivity contribution is 7.15. The van der Waals surface area contributed by atoms with Gasteiger partial charge in [0.1, 0.15) is 23.4 Å². The number of aromatic nitrogens is 2. The molecule has 0 aliphatic rings. The maximum absolute atomic E-state index is 12.9. The van der Waals surface area contributed by atoms with Gasteiger partial charge in [-0.15, -0.1) is 11.3 Å². The average molecular weight is 489 g/mol. The number of nitrogens with zero attached hydrogens (tertiary/aromatic N) is 2. The number of aryl methyl sites for hydroxylation is 1. The molecule has 0 radical (unpaired) electrons. The van der Waals surface area contributed by atoms with Crippen molar-refractivity contribution in [2.45, 2.75) is 45.5 Å². The number of thiazole rings is 1.